The Hall–Kier alpha value is -3.04. The summed E-state index contributed by atoms with van der Waals surface area (Å²) in [6.07, 6.45) is -0.240. The Balaban J connectivity index is 1.30. The second kappa shape index (κ2) is 10.2. The van der Waals surface area contributed by atoms with E-state index in [1.54, 1.807) is 0 Å². The molecule has 1 unspecified atom stereocenters. The number of carbonyl (C=O) groups excluding carboxylic acids is 2. The second-order valence-corrected chi connectivity index (χ2v) is 11.7. The molecule has 2 aromatic rings. The largest absolute Gasteiger partial charge is 0.462 e. The van der Waals surface area contributed by atoms with Crippen LogP contribution in [0.15, 0.2) is 72.3 Å². The molecule has 4 aliphatic rings. The molecule has 8 heteroatoms. The number of hydrogen-bond donors (Lipinski definition) is 1. The van der Waals surface area contributed by atoms with Gasteiger partial charge in [-0.3, -0.25) is 9.69 Å². The highest BCUT2D eigenvalue weighted by Crippen LogP contribution is 2.50. The number of aliphatic hydroxyl groups excluding tert-OH is 1. The molecule has 0 aromatic heterocycles. The predicted octanol–water partition coefficient (Wildman–Crippen LogP) is 2.55. The van der Waals surface area contributed by atoms with E-state index in [2.05, 4.69) is 17.0 Å². The number of esters is 2. The first-order valence-corrected chi connectivity index (χ1v) is 13.7. The first-order valence-electron chi connectivity index (χ1n) is 13.7. The van der Waals surface area contributed by atoms with Gasteiger partial charge in [-0.15, -0.1) is 0 Å². The minimum absolute atomic E-state index is 0.277. The molecule has 2 bridgehead atoms. The SMILES string of the molecule is CN(Cc1ccccc1)CC1C(=O)O[C@H]2C[C@]3(C)O[C@H]3[C@@H](O)[C@@H](N(C)Cc3ccccc3)C3=C[C@@H](OC3=O)[C@H]12. The first kappa shape index (κ1) is 26.2. The predicted molar refractivity (Wildman–Crippen MR) is 143 cm³/mol. The van der Waals surface area contributed by atoms with E-state index in [1.807, 2.05) is 80.5 Å². The lowest BCUT2D eigenvalue weighted by molar-refractivity contribution is -0.145. The van der Waals surface area contributed by atoms with Crippen LogP contribution in [0.4, 0.5) is 0 Å². The fourth-order valence-electron chi connectivity index (χ4n) is 6.79. The van der Waals surface area contributed by atoms with Crippen molar-refractivity contribution in [2.45, 2.75) is 62.5 Å². The van der Waals surface area contributed by atoms with Crippen molar-refractivity contribution in [3.63, 3.8) is 0 Å². The number of carbonyl (C=O) groups is 2. The third-order valence-corrected chi connectivity index (χ3v) is 8.72. The molecule has 6 rings (SSSR count). The van der Waals surface area contributed by atoms with Gasteiger partial charge < -0.3 is 24.2 Å². The average molecular weight is 533 g/mol. The third kappa shape index (κ3) is 5.02. The average Bonchev–Trinajstić information content (AvgIpc) is 3.30. The molecule has 1 aliphatic carbocycles. The summed E-state index contributed by atoms with van der Waals surface area (Å²) in [5, 5.41) is 11.5. The lowest BCUT2D eigenvalue weighted by atomic mass is 9.79. The summed E-state index contributed by atoms with van der Waals surface area (Å²) in [7, 11) is 3.89. The topological polar surface area (TPSA) is 91.8 Å². The minimum Gasteiger partial charge on any atom is -0.462 e. The van der Waals surface area contributed by atoms with E-state index >= 15 is 0 Å². The molecular weight excluding hydrogens is 496 g/mol. The van der Waals surface area contributed by atoms with Crippen LogP contribution in [0.1, 0.15) is 24.5 Å². The Kier molecular flexibility index (Phi) is 6.83. The smallest absolute Gasteiger partial charge is 0.336 e. The maximum Gasteiger partial charge on any atom is 0.336 e. The molecule has 0 saturated carbocycles. The van der Waals surface area contributed by atoms with Crippen molar-refractivity contribution < 1.29 is 28.9 Å². The zero-order valence-corrected chi connectivity index (χ0v) is 22.6. The molecule has 8 atom stereocenters. The van der Waals surface area contributed by atoms with Crippen molar-refractivity contribution in [1.29, 1.82) is 0 Å². The Labute approximate surface area is 229 Å². The van der Waals surface area contributed by atoms with Crippen LogP contribution in [-0.4, -0.2) is 83.5 Å². The molecule has 0 amide bonds. The number of rotatable bonds is 7. The molecular formula is C31H36N2O6. The molecule has 2 aromatic carbocycles. The first-order chi connectivity index (χ1) is 18.7. The van der Waals surface area contributed by atoms with Crippen LogP contribution in [0, 0.1) is 11.8 Å². The molecule has 1 N–H and O–H groups in total. The zero-order chi connectivity index (χ0) is 27.3. The van der Waals surface area contributed by atoms with Crippen LogP contribution in [0.2, 0.25) is 0 Å². The molecule has 3 aliphatic heterocycles. The Bertz CT molecular complexity index is 1250. The number of epoxide rings is 1. The Morgan fingerprint density at radius 1 is 0.949 bits per heavy atom. The lowest BCUT2D eigenvalue weighted by Gasteiger charge is -2.32. The monoisotopic (exact) mass is 532 g/mol. The van der Waals surface area contributed by atoms with Gasteiger partial charge in [0.15, 0.2) is 0 Å². The van der Waals surface area contributed by atoms with Crippen LogP contribution in [0.25, 0.3) is 0 Å². The normalized spacial score (nSPS) is 35.2. The van der Waals surface area contributed by atoms with E-state index in [1.165, 1.54) is 0 Å². The van der Waals surface area contributed by atoms with E-state index in [-0.39, 0.29) is 11.9 Å². The quantitative estimate of drug-likeness (QED) is 0.430. The van der Waals surface area contributed by atoms with Crippen LogP contribution >= 0.6 is 0 Å². The van der Waals surface area contributed by atoms with E-state index in [4.69, 9.17) is 14.2 Å². The van der Waals surface area contributed by atoms with Crippen molar-refractivity contribution >= 4 is 11.9 Å². The molecule has 39 heavy (non-hydrogen) atoms. The number of fused-ring (bicyclic) bond motifs is 4. The van der Waals surface area contributed by atoms with Crippen LogP contribution in [0.3, 0.4) is 0 Å². The van der Waals surface area contributed by atoms with Crippen molar-refractivity contribution in [2.24, 2.45) is 11.8 Å². The minimum atomic E-state index is -0.942. The van der Waals surface area contributed by atoms with Gasteiger partial charge in [0.2, 0.25) is 0 Å². The van der Waals surface area contributed by atoms with Crippen molar-refractivity contribution in [3.05, 3.63) is 83.4 Å². The Morgan fingerprint density at radius 2 is 1.59 bits per heavy atom. The molecule has 8 nitrogen and oxygen atoms in total. The summed E-state index contributed by atoms with van der Waals surface area (Å²) >= 11 is 0. The van der Waals surface area contributed by atoms with Gasteiger partial charge in [-0.25, -0.2) is 4.79 Å². The van der Waals surface area contributed by atoms with Crippen LogP contribution < -0.4 is 0 Å². The van der Waals surface area contributed by atoms with E-state index < -0.39 is 47.9 Å². The summed E-state index contributed by atoms with van der Waals surface area (Å²) in [6.45, 7) is 3.67. The van der Waals surface area contributed by atoms with Gasteiger partial charge in [-0.2, -0.15) is 0 Å². The van der Waals surface area contributed by atoms with Gasteiger partial charge in [0.25, 0.3) is 0 Å². The number of benzene rings is 2. The van der Waals surface area contributed by atoms with E-state index in [0.717, 1.165) is 11.1 Å². The molecule has 3 heterocycles. The summed E-state index contributed by atoms with van der Waals surface area (Å²) in [4.78, 5) is 30.7. The summed E-state index contributed by atoms with van der Waals surface area (Å²) in [5.41, 5.74) is 1.99. The maximum absolute atomic E-state index is 13.3. The fourth-order valence-corrected chi connectivity index (χ4v) is 6.79. The van der Waals surface area contributed by atoms with Crippen LogP contribution in [0.5, 0.6) is 0 Å². The fraction of sp³-hybridized carbons (Fsp3) is 0.484. The standard InChI is InChI=1S/C31H36N2O6/c1-31-15-24-25(22(30(36)38-24)18-32(2)16-19-10-6-4-7-11-19)23-14-21(29(35)37-23)26(27(34)28(31)39-31)33(3)17-20-12-8-5-9-13-20/h4-14,22-28,34H,15-18H2,1-3H3/t22?,23-,24+,25+,26+,27+,28+,31+/m1/s1. The highest BCUT2D eigenvalue weighted by Gasteiger charge is 2.64. The van der Waals surface area contributed by atoms with Gasteiger partial charge in [-0.1, -0.05) is 60.7 Å². The van der Waals surface area contributed by atoms with Gasteiger partial charge >= 0.3 is 11.9 Å². The summed E-state index contributed by atoms with van der Waals surface area (Å²) in [6, 6.07) is 19.4. The van der Waals surface area contributed by atoms with Crippen LogP contribution in [-0.2, 0) is 36.9 Å². The summed E-state index contributed by atoms with van der Waals surface area (Å²) in [5.74, 6) is -1.53. The van der Waals surface area contributed by atoms with Gasteiger partial charge in [0.05, 0.1) is 29.1 Å². The molecule has 2 fully saturated rings. The summed E-state index contributed by atoms with van der Waals surface area (Å²) < 4.78 is 18.0. The van der Waals surface area contributed by atoms with Crippen molar-refractivity contribution in [1.82, 2.24) is 9.80 Å². The Morgan fingerprint density at radius 3 is 2.26 bits per heavy atom. The molecule has 206 valence electrons. The number of likely N-dealkylation sites (N-methyl/N-ethyl adjacent to an activating group) is 1. The van der Waals surface area contributed by atoms with Crippen molar-refractivity contribution in [2.75, 3.05) is 20.6 Å². The molecule has 0 radical (unpaired) electrons. The number of aliphatic hydroxyl groups is 1. The third-order valence-electron chi connectivity index (χ3n) is 8.72. The maximum atomic E-state index is 13.3. The number of ether oxygens (including phenoxy) is 3. The van der Waals surface area contributed by atoms with Gasteiger partial charge in [0.1, 0.15) is 24.4 Å². The second-order valence-electron chi connectivity index (χ2n) is 11.7. The lowest BCUT2D eigenvalue weighted by Crippen LogP contribution is -2.48. The molecule has 2 saturated heterocycles. The number of hydrogen-bond acceptors (Lipinski definition) is 8. The van der Waals surface area contributed by atoms with E-state index in [9.17, 15) is 14.7 Å². The highest BCUT2D eigenvalue weighted by atomic mass is 16.6. The number of nitrogens with zero attached hydrogens (tertiary/aromatic N) is 2. The van der Waals surface area contributed by atoms with E-state index in [0.29, 0.717) is 31.6 Å². The molecule has 0 spiro atoms. The highest BCUT2D eigenvalue weighted by molar-refractivity contribution is 5.92. The van der Waals surface area contributed by atoms with Gasteiger partial charge in [0, 0.05) is 26.1 Å². The van der Waals surface area contributed by atoms with Gasteiger partial charge in [-0.05, 0) is 38.2 Å². The zero-order valence-electron chi connectivity index (χ0n) is 22.6. The van der Waals surface area contributed by atoms with Crippen molar-refractivity contribution in [3.8, 4) is 0 Å².